The van der Waals surface area contributed by atoms with E-state index in [9.17, 15) is 0 Å². The summed E-state index contributed by atoms with van der Waals surface area (Å²) in [5.41, 5.74) is 0. The van der Waals surface area contributed by atoms with Crippen LogP contribution >= 0.6 is 11.6 Å². The van der Waals surface area contributed by atoms with Gasteiger partial charge in [-0.3, -0.25) is 0 Å². The summed E-state index contributed by atoms with van der Waals surface area (Å²) in [6, 6.07) is 0. The predicted molar refractivity (Wildman–Crippen MR) is 43.7 cm³/mol. The molecule has 0 heterocycles. The van der Waals surface area contributed by atoms with Gasteiger partial charge in [0.25, 0.3) is 0 Å². The van der Waals surface area contributed by atoms with Gasteiger partial charge in [-0.1, -0.05) is 36.8 Å². The van der Waals surface area contributed by atoms with Crippen LogP contribution in [0.25, 0.3) is 0 Å². The van der Waals surface area contributed by atoms with E-state index in [-0.39, 0.29) is 0 Å². The smallest absolute Gasteiger partial charge is 0.0176 e. The Morgan fingerprint density at radius 3 is 2.56 bits per heavy atom. The Bertz CT molecular complexity index is 112. The summed E-state index contributed by atoms with van der Waals surface area (Å²) in [6.45, 7) is 4.06. The Morgan fingerprint density at radius 2 is 2.11 bits per heavy atom. The third-order valence-corrected chi connectivity index (χ3v) is 1.40. The number of hydrogen-bond donors (Lipinski definition) is 0. The van der Waals surface area contributed by atoms with Crippen LogP contribution in [-0.4, -0.2) is 0 Å². The Labute approximate surface area is 62.2 Å². The maximum Gasteiger partial charge on any atom is 0.0176 e. The van der Waals surface area contributed by atoms with Crippen LogP contribution in [0.15, 0.2) is 23.3 Å². The molecule has 0 saturated heterocycles. The normalized spacial score (nSPS) is 13.0. The quantitative estimate of drug-likeness (QED) is 0.532. The minimum absolute atomic E-state index is 0.881. The molecule has 0 aliphatic carbocycles. The molecular weight excluding hydrogens is 132 g/mol. The number of hydrogen-bond acceptors (Lipinski definition) is 0. The first-order valence-electron chi connectivity index (χ1n) is 3.27. The van der Waals surface area contributed by atoms with Crippen molar-refractivity contribution in [3.05, 3.63) is 23.3 Å². The standard InChI is InChI=1S/C8H13Cl/c1-3-5-6-7-8(9)4-2/h4-6H,3,7H2,1-2H3/b6-5-,8-4+. The summed E-state index contributed by atoms with van der Waals surface area (Å²) in [6.07, 6.45) is 8.09. The fraction of sp³-hybridized carbons (Fsp3) is 0.500. The van der Waals surface area contributed by atoms with E-state index in [1.165, 1.54) is 0 Å². The van der Waals surface area contributed by atoms with E-state index in [4.69, 9.17) is 11.6 Å². The maximum absolute atomic E-state index is 5.71. The van der Waals surface area contributed by atoms with Crippen LogP contribution in [0, 0.1) is 0 Å². The van der Waals surface area contributed by atoms with Crippen LogP contribution in [0.1, 0.15) is 26.7 Å². The fourth-order valence-corrected chi connectivity index (χ4v) is 0.570. The summed E-state index contributed by atoms with van der Waals surface area (Å²) in [4.78, 5) is 0. The van der Waals surface area contributed by atoms with Crippen LogP contribution in [-0.2, 0) is 0 Å². The first-order chi connectivity index (χ1) is 4.31. The Hall–Kier alpha value is -0.230. The summed E-state index contributed by atoms with van der Waals surface area (Å²) in [7, 11) is 0. The molecule has 0 aromatic carbocycles. The molecule has 0 atom stereocenters. The highest BCUT2D eigenvalue weighted by atomic mass is 35.5. The molecule has 0 N–H and O–H groups in total. The lowest BCUT2D eigenvalue weighted by molar-refractivity contribution is 1.19. The highest BCUT2D eigenvalue weighted by Crippen LogP contribution is 2.06. The third kappa shape index (κ3) is 5.64. The van der Waals surface area contributed by atoms with Crippen LogP contribution < -0.4 is 0 Å². The van der Waals surface area contributed by atoms with Crippen molar-refractivity contribution in [3.8, 4) is 0 Å². The Kier molecular flexibility index (Phi) is 5.75. The molecule has 0 aromatic rings. The summed E-state index contributed by atoms with van der Waals surface area (Å²) >= 11 is 5.71. The van der Waals surface area contributed by atoms with Gasteiger partial charge < -0.3 is 0 Å². The zero-order valence-electron chi connectivity index (χ0n) is 6.02. The summed E-state index contributed by atoms with van der Waals surface area (Å²) < 4.78 is 0. The van der Waals surface area contributed by atoms with Crippen molar-refractivity contribution < 1.29 is 0 Å². The Morgan fingerprint density at radius 1 is 1.44 bits per heavy atom. The molecule has 0 saturated carbocycles. The van der Waals surface area contributed by atoms with E-state index < -0.39 is 0 Å². The van der Waals surface area contributed by atoms with Gasteiger partial charge in [0.05, 0.1) is 0 Å². The zero-order valence-corrected chi connectivity index (χ0v) is 6.78. The van der Waals surface area contributed by atoms with Gasteiger partial charge >= 0.3 is 0 Å². The topological polar surface area (TPSA) is 0 Å². The molecule has 0 aliphatic heterocycles. The van der Waals surface area contributed by atoms with E-state index in [1.54, 1.807) is 0 Å². The SMILES string of the molecule is C/C=C(/Cl)C/C=C\CC. The van der Waals surface area contributed by atoms with Crippen molar-refractivity contribution in [1.29, 1.82) is 0 Å². The van der Waals surface area contributed by atoms with E-state index in [1.807, 2.05) is 13.0 Å². The maximum atomic E-state index is 5.71. The van der Waals surface area contributed by atoms with Crippen LogP contribution in [0.3, 0.4) is 0 Å². The lowest BCUT2D eigenvalue weighted by atomic mass is 10.3. The van der Waals surface area contributed by atoms with Gasteiger partial charge in [-0.05, 0) is 13.3 Å². The lowest BCUT2D eigenvalue weighted by Crippen LogP contribution is -1.65. The van der Waals surface area contributed by atoms with Crippen LogP contribution in [0.2, 0.25) is 0 Å². The van der Waals surface area contributed by atoms with E-state index >= 15 is 0 Å². The van der Waals surface area contributed by atoms with E-state index in [0.717, 1.165) is 17.9 Å². The van der Waals surface area contributed by atoms with Crippen molar-refractivity contribution in [2.75, 3.05) is 0 Å². The number of allylic oxidation sites excluding steroid dienone is 4. The predicted octanol–water partition coefficient (Wildman–Crippen LogP) is 3.49. The largest absolute Gasteiger partial charge is 0.0892 e. The molecule has 0 spiro atoms. The van der Waals surface area contributed by atoms with E-state index in [2.05, 4.69) is 19.1 Å². The molecule has 0 radical (unpaired) electrons. The molecule has 0 amide bonds. The van der Waals surface area contributed by atoms with Crippen molar-refractivity contribution in [1.82, 2.24) is 0 Å². The van der Waals surface area contributed by atoms with Gasteiger partial charge in [0.2, 0.25) is 0 Å². The molecule has 0 rings (SSSR count). The average Bonchev–Trinajstić information content (AvgIpc) is 1.89. The molecule has 0 fully saturated rings. The molecule has 0 nitrogen and oxygen atoms in total. The second-order valence-electron chi connectivity index (χ2n) is 1.82. The zero-order chi connectivity index (χ0) is 7.11. The van der Waals surface area contributed by atoms with Crippen molar-refractivity contribution in [2.24, 2.45) is 0 Å². The monoisotopic (exact) mass is 144 g/mol. The van der Waals surface area contributed by atoms with Crippen LogP contribution in [0.5, 0.6) is 0 Å². The summed E-state index contributed by atoms with van der Waals surface area (Å²) in [5, 5.41) is 0.916. The van der Waals surface area contributed by atoms with Gasteiger partial charge in [-0.2, -0.15) is 0 Å². The van der Waals surface area contributed by atoms with Gasteiger partial charge in [-0.25, -0.2) is 0 Å². The van der Waals surface area contributed by atoms with Crippen molar-refractivity contribution >= 4 is 11.6 Å². The average molecular weight is 145 g/mol. The lowest BCUT2D eigenvalue weighted by Gasteiger charge is -1.87. The minimum atomic E-state index is 0.881. The first-order valence-corrected chi connectivity index (χ1v) is 3.64. The molecular formula is C8H13Cl. The second-order valence-corrected chi connectivity index (χ2v) is 2.30. The minimum Gasteiger partial charge on any atom is -0.0892 e. The van der Waals surface area contributed by atoms with E-state index in [0.29, 0.717) is 0 Å². The fourth-order valence-electron chi connectivity index (χ4n) is 0.480. The van der Waals surface area contributed by atoms with Gasteiger partial charge in [0.1, 0.15) is 0 Å². The van der Waals surface area contributed by atoms with Crippen molar-refractivity contribution in [3.63, 3.8) is 0 Å². The first kappa shape index (κ1) is 8.77. The molecule has 52 valence electrons. The molecule has 0 aromatic heterocycles. The van der Waals surface area contributed by atoms with Crippen molar-refractivity contribution in [2.45, 2.75) is 26.7 Å². The summed E-state index contributed by atoms with van der Waals surface area (Å²) in [5.74, 6) is 0. The van der Waals surface area contributed by atoms with Gasteiger partial charge in [0.15, 0.2) is 0 Å². The second kappa shape index (κ2) is 5.90. The number of rotatable bonds is 3. The van der Waals surface area contributed by atoms with Gasteiger partial charge in [-0.15, -0.1) is 0 Å². The number of halogens is 1. The molecule has 0 bridgehead atoms. The molecule has 0 aliphatic rings. The highest BCUT2D eigenvalue weighted by molar-refractivity contribution is 6.29. The third-order valence-electron chi connectivity index (χ3n) is 1.03. The Balaban J connectivity index is 3.38. The van der Waals surface area contributed by atoms with Gasteiger partial charge in [0, 0.05) is 11.5 Å². The molecule has 9 heavy (non-hydrogen) atoms. The molecule has 0 unspecified atom stereocenters. The highest BCUT2D eigenvalue weighted by Gasteiger charge is 1.81. The van der Waals surface area contributed by atoms with Crippen LogP contribution in [0.4, 0.5) is 0 Å². The molecule has 1 heteroatoms.